The minimum atomic E-state index is -0.743. The fourth-order valence-corrected chi connectivity index (χ4v) is 8.55. The minimum absolute atomic E-state index is 0.00974. The van der Waals surface area contributed by atoms with Crippen molar-refractivity contribution in [2.45, 2.75) is 96.2 Å². The van der Waals surface area contributed by atoms with Crippen molar-refractivity contribution >= 4 is 56.3 Å². The Morgan fingerprint density at radius 3 is 2.56 bits per heavy atom. The molecule has 4 heterocycles. The molecule has 57 heavy (non-hydrogen) atoms. The standard InChI is InChI=1S/C43H48BrFN6O6/c1-25(28-9-8-10-30(44)19-28)46-41-33-22-37(56-3)38(23-35(33)47-26(2)48-41)57-18-7-5-4-6-11-40(53)50-16-14-27(15-17-50)31-20-29-24-51(43(55)32(29)21-34(31)45)36-12-13-39(52)49-42(36)54/h8-10,19-23,25,27,36H,4-7,11-18,24H2,1-3H3,(H,46,47,48)(H,49,52,54). The number of halogens is 2. The highest BCUT2D eigenvalue weighted by Gasteiger charge is 2.40. The van der Waals surface area contributed by atoms with Crippen LogP contribution in [0.15, 0.2) is 53.0 Å². The van der Waals surface area contributed by atoms with Gasteiger partial charge in [0.15, 0.2) is 11.5 Å². The Hall–Kier alpha value is -5.11. The molecule has 14 heteroatoms. The zero-order chi connectivity index (χ0) is 40.2. The topological polar surface area (TPSA) is 143 Å². The average molecular weight is 844 g/mol. The zero-order valence-corrected chi connectivity index (χ0v) is 34.1. The SMILES string of the molecule is COc1cc2c(NC(C)c3cccc(Br)c3)nc(C)nc2cc1OCCCCCCC(=O)N1CCC(c2cc3c(cc2F)C(=O)N(C2CCC(=O)NC2=O)C3)CC1. The molecule has 0 aliphatic carbocycles. The molecule has 3 aliphatic heterocycles. The van der Waals surface area contributed by atoms with Crippen molar-refractivity contribution in [3.8, 4) is 11.5 Å². The van der Waals surface area contributed by atoms with E-state index < -0.39 is 17.8 Å². The molecule has 7 rings (SSSR count). The van der Waals surface area contributed by atoms with Crippen molar-refractivity contribution in [1.82, 2.24) is 25.1 Å². The van der Waals surface area contributed by atoms with Gasteiger partial charge in [-0.25, -0.2) is 14.4 Å². The number of anilines is 1. The van der Waals surface area contributed by atoms with E-state index in [4.69, 9.17) is 14.5 Å². The third-order valence-electron chi connectivity index (χ3n) is 11.3. The van der Waals surface area contributed by atoms with Crippen LogP contribution in [0, 0.1) is 12.7 Å². The molecule has 4 aromatic rings. The van der Waals surface area contributed by atoms with Crippen molar-refractivity contribution in [3.63, 3.8) is 0 Å². The fourth-order valence-electron chi connectivity index (χ4n) is 8.13. The number of imide groups is 1. The number of carbonyl (C=O) groups is 4. The zero-order valence-electron chi connectivity index (χ0n) is 32.5. The summed E-state index contributed by atoms with van der Waals surface area (Å²) in [7, 11) is 1.62. The van der Waals surface area contributed by atoms with E-state index in [2.05, 4.69) is 50.6 Å². The first-order valence-corrected chi connectivity index (χ1v) is 20.5. The number of hydrogen-bond acceptors (Lipinski definition) is 9. The van der Waals surface area contributed by atoms with E-state index in [0.29, 0.717) is 67.4 Å². The Balaban J connectivity index is 0.845. The third-order valence-corrected chi connectivity index (χ3v) is 11.8. The highest BCUT2D eigenvalue weighted by Crippen LogP contribution is 2.37. The molecular formula is C43H48BrFN6O6. The first kappa shape index (κ1) is 40.1. The van der Waals surface area contributed by atoms with Crippen LogP contribution in [-0.4, -0.2) is 76.2 Å². The summed E-state index contributed by atoms with van der Waals surface area (Å²) in [5, 5.41) is 6.67. The van der Waals surface area contributed by atoms with Crippen molar-refractivity contribution in [2.24, 2.45) is 0 Å². The highest BCUT2D eigenvalue weighted by molar-refractivity contribution is 9.10. The van der Waals surface area contributed by atoms with Crippen LogP contribution in [0.3, 0.4) is 0 Å². The van der Waals surface area contributed by atoms with Crippen LogP contribution in [0.1, 0.15) is 110 Å². The number of nitrogens with one attached hydrogen (secondary N) is 2. The summed E-state index contributed by atoms with van der Waals surface area (Å²) in [4.78, 5) is 62.8. The summed E-state index contributed by atoms with van der Waals surface area (Å²) < 4.78 is 28.3. The van der Waals surface area contributed by atoms with Gasteiger partial charge in [0.1, 0.15) is 23.5 Å². The molecule has 2 fully saturated rings. The third kappa shape index (κ3) is 9.06. The molecule has 1 aromatic heterocycles. The molecule has 0 radical (unpaired) electrons. The second-order valence-corrected chi connectivity index (χ2v) is 16.1. The van der Waals surface area contributed by atoms with Gasteiger partial charge in [0.25, 0.3) is 5.91 Å². The minimum Gasteiger partial charge on any atom is -0.493 e. The molecule has 2 N–H and O–H groups in total. The number of aryl methyl sites for hydroxylation is 1. The van der Waals surface area contributed by atoms with E-state index in [1.165, 1.54) is 11.0 Å². The summed E-state index contributed by atoms with van der Waals surface area (Å²) in [6.07, 6.45) is 5.56. The van der Waals surface area contributed by atoms with Crippen LogP contribution in [0.2, 0.25) is 0 Å². The van der Waals surface area contributed by atoms with Gasteiger partial charge in [-0.3, -0.25) is 24.5 Å². The predicted octanol–water partition coefficient (Wildman–Crippen LogP) is 7.52. The molecule has 0 bridgehead atoms. The van der Waals surface area contributed by atoms with E-state index in [1.54, 1.807) is 13.2 Å². The Bertz CT molecular complexity index is 2190. The maximum Gasteiger partial charge on any atom is 0.255 e. The Morgan fingerprint density at radius 1 is 1.02 bits per heavy atom. The van der Waals surface area contributed by atoms with Crippen molar-refractivity contribution < 1.29 is 33.0 Å². The number of hydrogen-bond donors (Lipinski definition) is 2. The maximum absolute atomic E-state index is 15.4. The van der Waals surface area contributed by atoms with Crippen molar-refractivity contribution in [3.05, 3.63) is 86.9 Å². The van der Waals surface area contributed by atoms with Crippen LogP contribution >= 0.6 is 15.9 Å². The number of ether oxygens (including phenoxy) is 2. The predicted molar refractivity (Wildman–Crippen MR) is 217 cm³/mol. The number of unbranched alkanes of at least 4 members (excludes halogenated alkanes) is 3. The van der Waals surface area contributed by atoms with Gasteiger partial charge in [0.05, 0.1) is 25.3 Å². The molecule has 2 atom stereocenters. The number of methoxy groups -OCH3 is 1. The van der Waals surface area contributed by atoms with E-state index in [9.17, 15) is 19.2 Å². The number of fused-ring (bicyclic) bond motifs is 2. The number of aromatic nitrogens is 2. The first-order valence-electron chi connectivity index (χ1n) is 19.7. The van der Waals surface area contributed by atoms with Crippen LogP contribution in [0.5, 0.6) is 11.5 Å². The number of likely N-dealkylation sites (tertiary alicyclic amines) is 1. The quantitative estimate of drug-likeness (QED) is 0.0974. The van der Waals surface area contributed by atoms with Gasteiger partial charge in [-0.05, 0) is 92.8 Å². The summed E-state index contributed by atoms with van der Waals surface area (Å²) in [5.74, 6) is 0.976. The molecule has 0 spiro atoms. The Labute approximate surface area is 340 Å². The second kappa shape index (κ2) is 17.6. The summed E-state index contributed by atoms with van der Waals surface area (Å²) in [6.45, 7) is 5.77. The number of rotatable bonds is 14. The number of benzene rings is 3. The lowest BCUT2D eigenvalue weighted by Crippen LogP contribution is -2.52. The molecular weight excluding hydrogens is 795 g/mol. The van der Waals surface area contributed by atoms with Crippen LogP contribution in [0.4, 0.5) is 10.2 Å². The van der Waals surface area contributed by atoms with Crippen LogP contribution < -0.4 is 20.1 Å². The molecule has 300 valence electrons. The lowest BCUT2D eigenvalue weighted by atomic mass is 9.87. The monoisotopic (exact) mass is 842 g/mol. The van der Waals surface area contributed by atoms with Crippen LogP contribution in [-0.2, 0) is 20.9 Å². The highest BCUT2D eigenvalue weighted by atomic mass is 79.9. The molecule has 3 aromatic carbocycles. The number of carbonyl (C=O) groups excluding carboxylic acids is 4. The Morgan fingerprint density at radius 2 is 1.81 bits per heavy atom. The molecule has 0 saturated carbocycles. The normalized spacial score (nSPS) is 17.8. The van der Waals surface area contributed by atoms with Gasteiger partial charge < -0.3 is 24.6 Å². The largest absolute Gasteiger partial charge is 0.493 e. The molecule has 3 aliphatic rings. The fraction of sp³-hybridized carbons (Fsp3) is 0.442. The van der Waals surface area contributed by atoms with Gasteiger partial charge in [-0.15, -0.1) is 0 Å². The first-order chi connectivity index (χ1) is 27.5. The van der Waals surface area contributed by atoms with E-state index in [-0.39, 0.29) is 54.6 Å². The van der Waals surface area contributed by atoms with Gasteiger partial charge in [0.2, 0.25) is 17.7 Å². The Kier molecular flexibility index (Phi) is 12.4. The van der Waals surface area contributed by atoms with Gasteiger partial charge in [-0.2, -0.15) is 0 Å². The number of amides is 4. The van der Waals surface area contributed by atoms with E-state index in [0.717, 1.165) is 52.4 Å². The van der Waals surface area contributed by atoms with Gasteiger partial charge in [-0.1, -0.05) is 47.0 Å². The van der Waals surface area contributed by atoms with Gasteiger partial charge >= 0.3 is 0 Å². The second-order valence-electron chi connectivity index (χ2n) is 15.2. The van der Waals surface area contributed by atoms with E-state index in [1.807, 2.05) is 36.1 Å². The number of piperidine rings is 2. The average Bonchev–Trinajstić information content (AvgIpc) is 3.50. The van der Waals surface area contributed by atoms with Crippen molar-refractivity contribution in [1.29, 1.82) is 0 Å². The maximum atomic E-state index is 15.4. The summed E-state index contributed by atoms with van der Waals surface area (Å²) >= 11 is 3.55. The molecule has 2 saturated heterocycles. The number of nitrogens with zero attached hydrogens (tertiary/aromatic N) is 4. The molecule has 4 amide bonds. The molecule has 2 unspecified atom stereocenters. The van der Waals surface area contributed by atoms with Crippen molar-refractivity contribution in [2.75, 3.05) is 32.1 Å². The van der Waals surface area contributed by atoms with Gasteiger partial charge in [0, 0.05) is 54.0 Å². The van der Waals surface area contributed by atoms with E-state index >= 15 is 4.39 Å². The lowest BCUT2D eigenvalue weighted by molar-refractivity contribution is -0.137. The summed E-state index contributed by atoms with van der Waals surface area (Å²) in [6, 6.07) is 14.3. The lowest BCUT2D eigenvalue weighted by Gasteiger charge is -2.32. The van der Waals surface area contributed by atoms with Crippen LogP contribution in [0.25, 0.3) is 10.9 Å². The smallest absolute Gasteiger partial charge is 0.255 e. The summed E-state index contributed by atoms with van der Waals surface area (Å²) in [5.41, 5.74) is 3.39. The molecule has 12 nitrogen and oxygen atoms in total.